The van der Waals surface area contributed by atoms with Crippen LogP contribution in [0.4, 0.5) is 5.82 Å². The molecule has 3 aliphatic rings. The van der Waals surface area contributed by atoms with Crippen molar-refractivity contribution >= 4 is 11.7 Å². The van der Waals surface area contributed by atoms with Crippen LogP contribution in [0.5, 0.6) is 17.2 Å². The second-order valence-corrected chi connectivity index (χ2v) is 8.51. The maximum Gasteiger partial charge on any atom is 0.260 e. The summed E-state index contributed by atoms with van der Waals surface area (Å²) in [4.78, 5) is 26.6. The van der Waals surface area contributed by atoms with Gasteiger partial charge in [-0.05, 0) is 25.6 Å². The number of rotatable bonds is 5. The van der Waals surface area contributed by atoms with E-state index in [0.717, 1.165) is 43.3 Å². The van der Waals surface area contributed by atoms with Crippen LogP contribution in [-0.4, -0.2) is 79.2 Å². The van der Waals surface area contributed by atoms with Crippen LogP contribution in [0.25, 0.3) is 0 Å². The van der Waals surface area contributed by atoms with Gasteiger partial charge in [0, 0.05) is 57.2 Å². The van der Waals surface area contributed by atoms with Crippen molar-refractivity contribution in [2.45, 2.75) is 25.3 Å². The minimum Gasteiger partial charge on any atom is -0.486 e. The Morgan fingerprint density at radius 1 is 1.22 bits per heavy atom. The van der Waals surface area contributed by atoms with Gasteiger partial charge in [-0.3, -0.25) is 4.79 Å². The molecule has 5 rings (SSSR count). The highest BCUT2D eigenvalue weighted by Crippen LogP contribution is 2.34. The van der Waals surface area contributed by atoms with Crippen molar-refractivity contribution in [2.75, 3.05) is 58.9 Å². The Balaban J connectivity index is 1.21. The van der Waals surface area contributed by atoms with E-state index in [1.165, 1.54) is 5.56 Å². The Hall–Kier alpha value is -3.07. The number of fused-ring (bicyclic) bond motifs is 2. The van der Waals surface area contributed by atoms with Gasteiger partial charge in [-0.15, -0.1) is 0 Å². The number of carbonyl (C=O) groups is 1. The van der Waals surface area contributed by atoms with Crippen molar-refractivity contribution < 1.29 is 19.0 Å². The van der Waals surface area contributed by atoms with Crippen LogP contribution in [0.1, 0.15) is 29.4 Å². The molecule has 1 aromatic heterocycles. The summed E-state index contributed by atoms with van der Waals surface area (Å²) in [5.41, 5.74) is 2.31. The molecule has 0 aliphatic carbocycles. The average Bonchev–Trinajstić information content (AvgIpc) is 3.32. The molecule has 2 aromatic rings. The first kappa shape index (κ1) is 20.8. The number of anilines is 1. The summed E-state index contributed by atoms with van der Waals surface area (Å²) in [6.07, 6.45) is 1.78. The second kappa shape index (κ2) is 8.82. The Bertz CT molecular complexity index is 997. The smallest absolute Gasteiger partial charge is 0.260 e. The topological polar surface area (TPSA) is 89.1 Å². The fraction of sp³-hybridized carbons (Fsp3) is 0.522. The number of likely N-dealkylation sites (tertiary alicyclic amines) is 1. The average molecular weight is 440 g/mol. The maximum atomic E-state index is 12.8. The molecule has 3 aliphatic heterocycles. The van der Waals surface area contributed by atoms with Crippen LogP contribution < -0.4 is 19.5 Å². The summed E-state index contributed by atoms with van der Waals surface area (Å²) in [6.45, 7) is 4.21. The second-order valence-electron chi connectivity index (χ2n) is 8.51. The predicted molar refractivity (Wildman–Crippen MR) is 118 cm³/mol. The normalized spacial score (nSPS) is 20.1. The van der Waals surface area contributed by atoms with E-state index in [4.69, 9.17) is 24.2 Å². The van der Waals surface area contributed by atoms with Crippen molar-refractivity contribution in [1.82, 2.24) is 19.8 Å². The van der Waals surface area contributed by atoms with Gasteiger partial charge < -0.3 is 29.3 Å². The number of aromatic nitrogens is 2. The number of benzene rings is 1. The van der Waals surface area contributed by atoms with Gasteiger partial charge >= 0.3 is 0 Å². The predicted octanol–water partition coefficient (Wildman–Crippen LogP) is 1.67. The molecule has 0 spiro atoms. The summed E-state index contributed by atoms with van der Waals surface area (Å²) in [5, 5.41) is 3.24. The first-order chi connectivity index (χ1) is 15.6. The molecule has 1 unspecified atom stereocenters. The highest BCUT2D eigenvalue weighted by molar-refractivity contribution is 5.78. The van der Waals surface area contributed by atoms with Gasteiger partial charge in [0.05, 0.1) is 5.69 Å². The van der Waals surface area contributed by atoms with Crippen LogP contribution in [0.2, 0.25) is 0 Å². The van der Waals surface area contributed by atoms with Gasteiger partial charge in [0.25, 0.3) is 5.91 Å². The van der Waals surface area contributed by atoms with Crippen molar-refractivity contribution in [2.24, 2.45) is 0 Å². The van der Waals surface area contributed by atoms with Gasteiger partial charge in [0.15, 0.2) is 18.1 Å². The molecule has 4 heterocycles. The fourth-order valence-electron chi connectivity index (χ4n) is 4.50. The molecule has 170 valence electrons. The van der Waals surface area contributed by atoms with E-state index < -0.39 is 0 Å². The molecule has 0 saturated carbocycles. The quantitative estimate of drug-likeness (QED) is 0.753. The molecule has 1 aromatic carbocycles. The molecular formula is C23H29N5O4. The number of carbonyl (C=O) groups excluding carboxylic acids is 1. The molecule has 1 N–H and O–H groups in total. The Morgan fingerprint density at radius 3 is 2.91 bits per heavy atom. The van der Waals surface area contributed by atoms with Crippen molar-refractivity contribution in [3.63, 3.8) is 0 Å². The Kier molecular flexibility index (Phi) is 5.73. The Morgan fingerprint density at radius 2 is 2.06 bits per heavy atom. The molecule has 1 atom stereocenters. The van der Waals surface area contributed by atoms with Crippen molar-refractivity contribution in [3.8, 4) is 17.2 Å². The number of hydrogen-bond donors (Lipinski definition) is 1. The van der Waals surface area contributed by atoms with Crippen LogP contribution in [0.15, 0.2) is 18.2 Å². The molecule has 0 radical (unpaired) electrons. The first-order valence-electron chi connectivity index (χ1n) is 11.2. The van der Waals surface area contributed by atoms with Crippen molar-refractivity contribution in [3.05, 3.63) is 35.3 Å². The highest BCUT2D eigenvalue weighted by Gasteiger charge is 2.31. The standard InChI is InChI=1S/C23H29N5O4/c1-24-23-17-13-27(2)7-6-18(17)25-22(26-23)15-5-8-28(12-15)21(29)14-32-16-3-4-19-20(11-16)31-10-9-30-19/h3-4,11,15H,5-10,12-14H2,1-2H3,(H,24,25,26). The molecular weight excluding hydrogens is 410 g/mol. The lowest BCUT2D eigenvalue weighted by atomic mass is 10.0. The minimum atomic E-state index is -0.0317. The van der Waals surface area contributed by atoms with E-state index in [9.17, 15) is 4.79 Å². The monoisotopic (exact) mass is 439 g/mol. The van der Waals surface area contributed by atoms with E-state index in [1.807, 2.05) is 18.0 Å². The van der Waals surface area contributed by atoms with E-state index in [2.05, 4.69) is 17.3 Å². The van der Waals surface area contributed by atoms with Gasteiger partial charge in [-0.25, -0.2) is 9.97 Å². The first-order valence-corrected chi connectivity index (χ1v) is 11.2. The lowest BCUT2D eigenvalue weighted by Gasteiger charge is -2.26. The van der Waals surface area contributed by atoms with E-state index in [-0.39, 0.29) is 18.4 Å². The number of ether oxygens (including phenoxy) is 3. The largest absolute Gasteiger partial charge is 0.486 e. The number of nitrogens with one attached hydrogen (secondary N) is 1. The van der Waals surface area contributed by atoms with Crippen LogP contribution in [-0.2, 0) is 17.8 Å². The lowest BCUT2D eigenvalue weighted by Crippen LogP contribution is -2.33. The summed E-state index contributed by atoms with van der Waals surface area (Å²) in [5.74, 6) is 3.80. The third-order valence-electron chi connectivity index (χ3n) is 6.29. The van der Waals surface area contributed by atoms with Crippen LogP contribution in [0.3, 0.4) is 0 Å². The van der Waals surface area contributed by atoms with Gasteiger partial charge in [0.2, 0.25) is 0 Å². The van der Waals surface area contributed by atoms with E-state index in [1.54, 1.807) is 12.1 Å². The molecule has 9 heteroatoms. The third kappa shape index (κ3) is 4.17. The molecule has 9 nitrogen and oxygen atoms in total. The van der Waals surface area contributed by atoms with E-state index >= 15 is 0 Å². The molecule has 1 amide bonds. The Labute approximate surface area is 187 Å². The fourth-order valence-corrected chi connectivity index (χ4v) is 4.50. The number of amides is 1. The van der Waals surface area contributed by atoms with Crippen LogP contribution >= 0.6 is 0 Å². The number of nitrogens with zero attached hydrogens (tertiary/aromatic N) is 4. The maximum absolute atomic E-state index is 12.8. The number of hydrogen-bond acceptors (Lipinski definition) is 8. The molecule has 1 fully saturated rings. The summed E-state index contributed by atoms with van der Waals surface area (Å²) in [7, 11) is 4.02. The van der Waals surface area contributed by atoms with Crippen molar-refractivity contribution in [1.29, 1.82) is 0 Å². The zero-order valence-corrected chi connectivity index (χ0v) is 18.6. The third-order valence-corrected chi connectivity index (χ3v) is 6.29. The summed E-state index contributed by atoms with van der Waals surface area (Å²) in [6, 6.07) is 5.38. The molecule has 1 saturated heterocycles. The van der Waals surface area contributed by atoms with Gasteiger partial charge in [-0.2, -0.15) is 0 Å². The summed E-state index contributed by atoms with van der Waals surface area (Å²) < 4.78 is 16.8. The number of likely N-dealkylation sites (N-methyl/N-ethyl adjacent to an activating group) is 1. The zero-order chi connectivity index (χ0) is 22.1. The van der Waals surface area contributed by atoms with Crippen LogP contribution in [0, 0.1) is 0 Å². The summed E-state index contributed by atoms with van der Waals surface area (Å²) >= 11 is 0. The lowest BCUT2D eigenvalue weighted by molar-refractivity contribution is -0.132. The SMILES string of the molecule is CNc1nc(C2CCN(C(=O)COc3ccc4c(c3)OCCO4)C2)nc2c1CN(C)CC2. The minimum absolute atomic E-state index is 0.00842. The molecule has 32 heavy (non-hydrogen) atoms. The van der Waals surface area contributed by atoms with E-state index in [0.29, 0.717) is 43.6 Å². The van der Waals surface area contributed by atoms with Gasteiger partial charge in [-0.1, -0.05) is 0 Å². The van der Waals surface area contributed by atoms with Gasteiger partial charge in [0.1, 0.15) is 30.6 Å². The zero-order valence-electron chi connectivity index (χ0n) is 18.6. The molecule has 0 bridgehead atoms. The highest BCUT2D eigenvalue weighted by atomic mass is 16.6.